The second-order valence-electron chi connectivity index (χ2n) is 0.324. The fourth-order valence-electron chi connectivity index (χ4n) is 0. The van der Waals surface area contributed by atoms with E-state index in [1.165, 1.54) is 0 Å². The smallest absolute Gasteiger partial charge is 0.412 e. The molecule has 44 valence electrons. The van der Waals surface area contributed by atoms with Gasteiger partial charge in [0.25, 0.3) is 0 Å². The summed E-state index contributed by atoms with van der Waals surface area (Å²) in [5, 5.41) is 0. The fourth-order valence-corrected chi connectivity index (χ4v) is 0. The second-order valence-corrected chi connectivity index (χ2v) is 19.6. The maximum absolute atomic E-state index is 5.01. The Kier molecular flexibility index (Phi) is 18.3. The van der Waals surface area contributed by atoms with E-state index in [1.54, 1.807) is 0 Å². The molecule has 0 fully saturated rings. The average molecular weight is 326 g/mol. The van der Waals surface area contributed by atoms with Crippen LogP contribution in [-0.2, 0) is 0 Å². The van der Waals surface area contributed by atoms with Crippen LogP contribution in [0, 0.1) is 0 Å². The number of halogens is 5. The Morgan fingerprint density at radius 1 is 0.857 bits per heavy atom. The van der Waals surface area contributed by atoms with E-state index in [-0.39, 0.29) is 56.9 Å². The first-order valence-electron chi connectivity index (χ1n) is 0.571. The molecule has 0 aliphatic carbocycles. The van der Waals surface area contributed by atoms with Crippen molar-refractivity contribution >= 4 is 35.6 Å². The SMILES string of the molecule is Cl[I-](Cl)(Cl)Cl.O.[K+]. The second kappa shape index (κ2) is 7.59. The molecule has 0 aromatic rings. The Labute approximate surface area is 103 Å². The Bertz CT molecular complexity index is 27.2. The van der Waals surface area contributed by atoms with Crippen molar-refractivity contribution < 1.29 is 70.8 Å². The zero-order valence-corrected chi connectivity index (χ0v) is 11.7. The normalized spacial score (nSPS) is 10.9. The molecular formula is H2Cl4IKO. The van der Waals surface area contributed by atoms with Gasteiger partial charge in [-0.25, -0.2) is 0 Å². The topological polar surface area (TPSA) is 31.5 Å². The minimum atomic E-state index is -3.05. The van der Waals surface area contributed by atoms with Crippen LogP contribution in [0.25, 0.3) is 0 Å². The predicted octanol–water partition coefficient (Wildman–Crippen LogP) is -4.06. The van der Waals surface area contributed by atoms with E-state index < -0.39 is 13.9 Å². The van der Waals surface area contributed by atoms with E-state index in [2.05, 4.69) is 0 Å². The third kappa shape index (κ3) is 43.7. The molecule has 0 heterocycles. The molecule has 0 aromatic carbocycles. The van der Waals surface area contributed by atoms with E-state index >= 15 is 0 Å². The molecule has 0 bridgehead atoms. The van der Waals surface area contributed by atoms with E-state index in [0.29, 0.717) is 0 Å². The molecule has 0 aliphatic heterocycles. The molecule has 0 radical (unpaired) electrons. The van der Waals surface area contributed by atoms with Gasteiger partial charge in [-0.15, -0.1) is 0 Å². The molecule has 0 unspecified atom stereocenters. The molecular weight excluding hydrogens is 324 g/mol. The summed E-state index contributed by atoms with van der Waals surface area (Å²) in [6.07, 6.45) is 0. The van der Waals surface area contributed by atoms with Crippen molar-refractivity contribution in [3.63, 3.8) is 0 Å². The van der Waals surface area contributed by atoms with Crippen molar-refractivity contribution in [3.8, 4) is 0 Å². The standard InChI is InChI=1S/Cl4I.K.H2O/c1-5(2,3)4;;/h;;1H2/q-1;+1;. The molecule has 0 rings (SSSR count). The van der Waals surface area contributed by atoms with Crippen LogP contribution < -0.4 is 65.3 Å². The first kappa shape index (κ1) is 16.8. The van der Waals surface area contributed by atoms with Crippen LogP contribution in [0.3, 0.4) is 0 Å². The summed E-state index contributed by atoms with van der Waals surface area (Å²) in [6, 6.07) is 0. The van der Waals surface area contributed by atoms with Gasteiger partial charge in [0.15, 0.2) is 0 Å². The summed E-state index contributed by atoms with van der Waals surface area (Å²) in [5.74, 6) is 0. The van der Waals surface area contributed by atoms with Crippen molar-refractivity contribution in [2.45, 2.75) is 0 Å². The van der Waals surface area contributed by atoms with Gasteiger partial charge >= 0.3 is 101 Å². The Hall–Kier alpha value is 3.49. The Morgan fingerprint density at radius 3 is 0.857 bits per heavy atom. The van der Waals surface area contributed by atoms with Crippen LogP contribution in [0.1, 0.15) is 0 Å². The van der Waals surface area contributed by atoms with Crippen molar-refractivity contribution in [3.05, 3.63) is 0 Å². The van der Waals surface area contributed by atoms with Crippen molar-refractivity contribution in [2.75, 3.05) is 0 Å². The molecule has 7 heavy (non-hydrogen) atoms. The van der Waals surface area contributed by atoms with Crippen LogP contribution in [0.2, 0.25) is 0 Å². The van der Waals surface area contributed by atoms with Crippen molar-refractivity contribution in [1.29, 1.82) is 0 Å². The maximum atomic E-state index is 5.01. The molecule has 0 saturated heterocycles. The van der Waals surface area contributed by atoms with Crippen molar-refractivity contribution in [2.24, 2.45) is 0 Å². The van der Waals surface area contributed by atoms with Crippen LogP contribution in [0.4, 0.5) is 0 Å². The summed E-state index contributed by atoms with van der Waals surface area (Å²) in [5.41, 5.74) is 0. The predicted molar refractivity (Wildman–Crippen MR) is 27.0 cm³/mol. The molecule has 0 atom stereocenters. The zero-order valence-electron chi connectivity index (χ0n) is 3.39. The third-order valence-electron chi connectivity index (χ3n) is 0. The third-order valence-corrected chi connectivity index (χ3v) is 0. The van der Waals surface area contributed by atoms with Gasteiger partial charge in [-0.05, 0) is 0 Å². The van der Waals surface area contributed by atoms with E-state index in [1.807, 2.05) is 0 Å². The van der Waals surface area contributed by atoms with Crippen molar-refractivity contribution in [1.82, 2.24) is 0 Å². The summed E-state index contributed by atoms with van der Waals surface area (Å²) in [6.45, 7) is 0. The van der Waals surface area contributed by atoms with Gasteiger partial charge in [-0.1, -0.05) is 0 Å². The first-order valence-corrected chi connectivity index (χ1v) is 11.5. The van der Waals surface area contributed by atoms with Gasteiger partial charge < -0.3 is 5.48 Å². The summed E-state index contributed by atoms with van der Waals surface area (Å²) >= 11 is -3.05. The fraction of sp³-hybridized carbons (Fsp3) is 0. The van der Waals surface area contributed by atoms with Gasteiger partial charge in [0, 0.05) is 0 Å². The van der Waals surface area contributed by atoms with Gasteiger partial charge in [-0.3, -0.25) is 0 Å². The summed E-state index contributed by atoms with van der Waals surface area (Å²) in [7, 11) is 20.0. The zero-order chi connectivity index (χ0) is 4.50. The minimum absolute atomic E-state index is 0. The van der Waals surface area contributed by atoms with E-state index in [9.17, 15) is 0 Å². The maximum Gasteiger partial charge on any atom is 1.00 e. The van der Waals surface area contributed by atoms with E-state index in [0.717, 1.165) is 0 Å². The van der Waals surface area contributed by atoms with Crippen LogP contribution in [0.15, 0.2) is 0 Å². The van der Waals surface area contributed by atoms with Crippen LogP contribution in [-0.4, -0.2) is 5.48 Å². The Balaban J connectivity index is -0.0000000800. The molecule has 1 nitrogen and oxygen atoms in total. The molecule has 0 saturated carbocycles. The summed E-state index contributed by atoms with van der Waals surface area (Å²) in [4.78, 5) is 0. The number of rotatable bonds is 0. The molecule has 0 aliphatic rings. The average Bonchev–Trinajstić information content (AvgIpc) is 0.722. The molecule has 0 spiro atoms. The van der Waals surface area contributed by atoms with Crippen LogP contribution in [0.5, 0.6) is 0 Å². The molecule has 0 aromatic heterocycles. The molecule has 0 amide bonds. The summed E-state index contributed by atoms with van der Waals surface area (Å²) < 4.78 is 0. The Morgan fingerprint density at radius 2 is 0.857 bits per heavy atom. The number of hydrogen-bond donors (Lipinski definition) is 0. The minimum Gasteiger partial charge on any atom is -0.412 e. The first-order chi connectivity index (χ1) is 2.00. The largest absolute Gasteiger partial charge is 1.00 e. The quantitative estimate of drug-likeness (QED) is 0.321. The van der Waals surface area contributed by atoms with Gasteiger partial charge in [-0.2, -0.15) is 0 Å². The monoisotopic (exact) mass is 324 g/mol. The number of hydrogen-bond acceptors (Lipinski definition) is 0. The van der Waals surface area contributed by atoms with Gasteiger partial charge in [0.2, 0.25) is 0 Å². The molecule has 7 heteroatoms. The van der Waals surface area contributed by atoms with Crippen LogP contribution >= 0.6 is 35.6 Å². The van der Waals surface area contributed by atoms with Gasteiger partial charge in [0.05, 0.1) is 0 Å². The molecule has 2 N–H and O–H groups in total. The van der Waals surface area contributed by atoms with Gasteiger partial charge in [0.1, 0.15) is 0 Å². The van der Waals surface area contributed by atoms with E-state index in [4.69, 9.17) is 35.6 Å².